The molecule has 0 aromatic carbocycles. The zero-order chi connectivity index (χ0) is 26.6. The zero-order valence-corrected chi connectivity index (χ0v) is 22.5. The molecule has 5 atom stereocenters. The van der Waals surface area contributed by atoms with Crippen LogP contribution in [0.3, 0.4) is 0 Å². The van der Waals surface area contributed by atoms with Crippen molar-refractivity contribution in [2.45, 2.75) is 128 Å². The lowest BCUT2D eigenvalue weighted by Gasteiger charge is -2.47. The van der Waals surface area contributed by atoms with Crippen LogP contribution >= 0.6 is 0 Å². The second-order valence-corrected chi connectivity index (χ2v) is 9.33. The van der Waals surface area contributed by atoms with Crippen molar-refractivity contribution < 1.29 is 33.3 Å². The minimum atomic E-state index is -0.917. The van der Waals surface area contributed by atoms with E-state index in [9.17, 15) is 9.59 Å². The molecule has 1 aliphatic heterocycles. The van der Waals surface area contributed by atoms with E-state index >= 15 is 0 Å². The average molecular weight is 501 g/mol. The highest BCUT2D eigenvalue weighted by molar-refractivity contribution is 5.67. The number of nitrogens with two attached hydrogens (primary N) is 2. The van der Waals surface area contributed by atoms with Gasteiger partial charge in [0.25, 0.3) is 0 Å². The van der Waals surface area contributed by atoms with E-state index in [1.165, 1.54) is 13.8 Å². The quantitative estimate of drug-likeness (QED) is 0.242. The van der Waals surface area contributed by atoms with Gasteiger partial charge in [-0.05, 0) is 51.5 Å². The summed E-state index contributed by atoms with van der Waals surface area (Å²) >= 11 is 0. The Kier molecular flexibility index (Phi) is 13.4. The molecule has 1 rings (SSSR count). The lowest BCUT2D eigenvalue weighted by Crippen LogP contribution is -2.65. The van der Waals surface area contributed by atoms with Gasteiger partial charge in [-0.3, -0.25) is 9.59 Å². The van der Waals surface area contributed by atoms with Crippen LogP contribution in [0.15, 0.2) is 12.7 Å². The first kappa shape index (κ1) is 31.5. The Morgan fingerprint density at radius 2 is 1.49 bits per heavy atom. The summed E-state index contributed by atoms with van der Waals surface area (Å²) in [5, 5.41) is 0. The molecule has 0 saturated carbocycles. The van der Waals surface area contributed by atoms with Gasteiger partial charge < -0.3 is 35.2 Å². The van der Waals surface area contributed by atoms with Crippen LogP contribution in [0, 0.1) is 0 Å². The van der Waals surface area contributed by atoms with Crippen LogP contribution in [0.2, 0.25) is 0 Å². The molecule has 1 fully saturated rings. The molecule has 204 valence electrons. The highest BCUT2D eigenvalue weighted by atomic mass is 16.7. The van der Waals surface area contributed by atoms with Crippen molar-refractivity contribution >= 4 is 11.9 Å². The SMILES string of the molecule is C=CCC1OC(OC(CC)(CC)CCOC(CC)(CC)CCN)C(N)C(OC(C)=O)C1OC(C)=O. The van der Waals surface area contributed by atoms with Gasteiger partial charge in [0, 0.05) is 13.8 Å². The third-order valence-electron chi connectivity index (χ3n) is 7.21. The van der Waals surface area contributed by atoms with Gasteiger partial charge in [-0.15, -0.1) is 6.58 Å². The maximum Gasteiger partial charge on any atom is 0.303 e. The third-order valence-corrected chi connectivity index (χ3v) is 7.21. The van der Waals surface area contributed by atoms with Crippen LogP contribution in [0.25, 0.3) is 0 Å². The van der Waals surface area contributed by atoms with Gasteiger partial charge in [-0.25, -0.2) is 0 Å². The van der Waals surface area contributed by atoms with Crippen molar-refractivity contribution in [1.29, 1.82) is 0 Å². The van der Waals surface area contributed by atoms with Gasteiger partial charge in [0.2, 0.25) is 0 Å². The van der Waals surface area contributed by atoms with Crippen molar-refractivity contribution in [1.82, 2.24) is 0 Å². The molecule has 9 heteroatoms. The van der Waals surface area contributed by atoms with Crippen molar-refractivity contribution in [2.24, 2.45) is 11.5 Å². The van der Waals surface area contributed by atoms with E-state index < -0.39 is 48.2 Å². The molecule has 1 saturated heterocycles. The smallest absolute Gasteiger partial charge is 0.303 e. The van der Waals surface area contributed by atoms with Crippen molar-refractivity contribution in [3.8, 4) is 0 Å². The largest absolute Gasteiger partial charge is 0.457 e. The van der Waals surface area contributed by atoms with Crippen molar-refractivity contribution in [3.05, 3.63) is 12.7 Å². The van der Waals surface area contributed by atoms with E-state index in [1.54, 1.807) is 6.08 Å². The summed E-state index contributed by atoms with van der Waals surface area (Å²) in [6.45, 7) is 15.8. The van der Waals surface area contributed by atoms with Crippen molar-refractivity contribution in [2.75, 3.05) is 13.2 Å². The van der Waals surface area contributed by atoms with E-state index in [0.717, 1.165) is 19.3 Å². The molecule has 0 aromatic heterocycles. The molecule has 1 aliphatic rings. The second kappa shape index (κ2) is 14.9. The number of carbonyl (C=O) groups excluding carboxylic acids is 2. The fourth-order valence-electron chi connectivity index (χ4n) is 4.73. The molecule has 35 heavy (non-hydrogen) atoms. The molecule has 0 radical (unpaired) electrons. The minimum absolute atomic E-state index is 0.244. The summed E-state index contributed by atoms with van der Waals surface area (Å²) < 4.78 is 30.1. The zero-order valence-electron chi connectivity index (χ0n) is 22.5. The predicted molar refractivity (Wildman–Crippen MR) is 135 cm³/mol. The molecule has 0 amide bonds. The number of hydrogen-bond acceptors (Lipinski definition) is 9. The lowest BCUT2D eigenvalue weighted by atomic mass is 9.90. The minimum Gasteiger partial charge on any atom is -0.457 e. The molecule has 0 spiro atoms. The first-order valence-electron chi connectivity index (χ1n) is 12.9. The van der Waals surface area contributed by atoms with E-state index in [2.05, 4.69) is 34.3 Å². The Balaban J connectivity index is 3.12. The van der Waals surface area contributed by atoms with Gasteiger partial charge >= 0.3 is 11.9 Å². The van der Waals surface area contributed by atoms with Crippen LogP contribution in [0.1, 0.15) is 86.5 Å². The fraction of sp³-hybridized carbons (Fsp3) is 0.846. The number of rotatable bonds is 16. The fourth-order valence-corrected chi connectivity index (χ4v) is 4.73. The van der Waals surface area contributed by atoms with Crippen molar-refractivity contribution in [3.63, 3.8) is 0 Å². The molecule has 0 bridgehead atoms. The maximum absolute atomic E-state index is 11.9. The topological polar surface area (TPSA) is 132 Å². The van der Waals surface area contributed by atoms with Crippen LogP contribution in [0.5, 0.6) is 0 Å². The van der Waals surface area contributed by atoms with Crippen LogP contribution < -0.4 is 11.5 Å². The lowest BCUT2D eigenvalue weighted by molar-refractivity contribution is -0.298. The summed E-state index contributed by atoms with van der Waals surface area (Å²) in [5.74, 6) is -1.04. The Morgan fingerprint density at radius 3 is 1.94 bits per heavy atom. The summed E-state index contributed by atoms with van der Waals surface area (Å²) in [6, 6.07) is -0.856. The summed E-state index contributed by atoms with van der Waals surface area (Å²) in [4.78, 5) is 23.6. The van der Waals surface area contributed by atoms with Gasteiger partial charge in [0.15, 0.2) is 18.5 Å². The molecular weight excluding hydrogens is 452 g/mol. The number of esters is 2. The number of carbonyl (C=O) groups is 2. The van der Waals surface area contributed by atoms with Gasteiger partial charge in [0.05, 0.1) is 23.9 Å². The monoisotopic (exact) mass is 500 g/mol. The summed E-state index contributed by atoms with van der Waals surface area (Å²) in [5.41, 5.74) is 11.5. The standard InChI is InChI=1S/C26H48N2O7/c1-8-13-20-22(32-18(6)29)23(33-19(7)30)21(28)24(34-20)35-26(11-4,12-5)15-17-31-25(9-2,10-3)14-16-27/h8,20-24H,1,9-17,27-28H2,2-7H3. The van der Waals surface area contributed by atoms with E-state index in [0.29, 0.717) is 38.8 Å². The summed E-state index contributed by atoms with van der Waals surface area (Å²) in [6.07, 6.45) is 3.37. The van der Waals surface area contributed by atoms with Crippen LogP contribution in [0.4, 0.5) is 0 Å². The van der Waals surface area contributed by atoms with E-state index in [1.807, 2.05) is 0 Å². The first-order chi connectivity index (χ1) is 16.6. The molecule has 0 aliphatic carbocycles. The highest BCUT2D eigenvalue weighted by Gasteiger charge is 2.50. The molecule has 9 nitrogen and oxygen atoms in total. The van der Waals surface area contributed by atoms with E-state index in [-0.39, 0.29) is 5.60 Å². The highest BCUT2D eigenvalue weighted by Crippen LogP contribution is 2.35. The Labute approximate surface area is 211 Å². The van der Waals surface area contributed by atoms with Crippen LogP contribution in [-0.4, -0.2) is 66.9 Å². The first-order valence-corrected chi connectivity index (χ1v) is 12.9. The summed E-state index contributed by atoms with van der Waals surface area (Å²) in [7, 11) is 0. The molecule has 5 unspecified atom stereocenters. The molecule has 4 N–H and O–H groups in total. The Bertz CT molecular complexity index is 664. The van der Waals surface area contributed by atoms with Gasteiger partial charge in [0.1, 0.15) is 6.10 Å². The number of hydrogen-bond donors (Lipinski definition) is 2. The third kappa shape index (κ3) is 8.82. The van der Waals surface area contributed by atoms with E-state index in [4.69, 9.17) is 35.2 Å². The van der Waals surface area contributed by atoms with Gasteiger partial charge in [-0.1, -0.05) is 33.8 Å². The van der Waals surface area contributed by atoms with Gasteiger partial charge in [-0.2, -0.15) is 0 Å². The molecule has 0 aromatic rings. The predicted octanol–water partition coefficient (Wildman–Crippen LogP) is 3.37. The molecule has 1 heterocycles. The Hall–Kier alpha value is -1.52. The second-order valence-electron chi connectivity index (χ2n) is 9.33. The average Bonchev–Trinajstić information content (AvgIpc) is 2.82. The number of ether oxygens (including phenoxy) is 5. The maximum atomic E-state index is 11.9. The van der Waals surface area contributed by atoms with Crippen LogP contribution in [-0.2, 0) is 33.3 Å². The Morgan fingerprint density at radius 1 is 0.943 bits per heavy atom. The normalized spacial score (nSPS) is 25.2. The molecular formula is C26H48N2O7.